The van der Waals surface area contributed by atoms with Crippen LogP contribution in [0, 0.1) is 23.7 Å². The maximum absolute atomic E-state index is 11.3. The molecule has 0 aromatic heterocycles. The monoisotopic (exact) mass is 614 g/mol. The molecule has 0 saturated heterocycles. The van der Waals surface area contributed by atoms with E-state index >= 15 is 0 Å². The van der Waals surface area contributed by atoms with Crippen molar-refractivity contribution in [2.75, 3.05) is 0 Å². The van der Waals surface area contributed by atoms with Gasteiger partial charge in [-0.25, -0.2) is 0 Å². The topological polar surface area (TPSA) is 34.1 Å². The standard InChI is InChI=1S/C34H16Br2O2/c35-29-15-21(13-23(17-29)19-37)1-3-25-5-7-27-9-10-28-8-6-26(32-12-11-31(25)33(27)34(28)32)4-2-22-14-24(20-38)18-30(36)16-22/h5-20H. The third-order valence-electron chi connectivity index (χ3n) is 6.46. The summed E-state index contributed by atoms with van der Waals surface area (Å²) in [5.41, 5.74) is 4.55. The lowest BCUT2D eigenvalue weighted by atomic mass is 9.90. The summed E-state index contributed by atoms with van der Waals surface area (Å²) in [6.07, 6.45) is 1.65. The van der Waals surface area contributed by atoms with Crippen LogP contribution in [0.15, 0.2) is 93.9 Å². The van der Waals surface area contributed by atoms with Gasteiger partial charge in [-0.2, -0.15) is 0 Å². The fraction of sp³-hybridized carbons (Fsp3) is 0. The highest BCUT2D eigenvalue weighted by molar-refractivity contribution is 9.10. The van der Waals surface area contributed by atoms with Crippen LogP contribution in [0.25, 0.3) is 32.3 Å². The summed E-state index contributed by atoms with van der Waals surface area (Å²) in [7, 11) is 0. The average molecular weight is 616 g/mol. The van der Waals surface area contributed by atoms with Crippen molar-refractivity contribution in [3.05, 3.63) is 127 Å². The minimum Gasteiger partial charge on any atom is -0.298 e. The summed E-state index contributed by atoms with van der Waals surface area (Å²) in [5.74, 6) is 13.1. The Hall–Kier alpha value is -4.22. The zero-order valence-electron chi connectivity index (χ0n) is 19.8. The molecule has 0 atom stereocenters. The summed E-state index contributed by atoms with van der Waals surface area (Å²) in [4.78, 5) is 22.5. The molecule has 0 spiro atoms. The smallest absolute Gasteiger partial charge is 0.150 e. The van der Waals surface area contributed by atoms with Crippen LogP contribution >= 0.6 is 31.9 Å². The highest BCUT2D eigenvalue weighted by Gasteiger charge is 2.12. The van der Waals surface area contributed by atoms with E-state index in [4.69, 9.17) is 0 Å². The highest BCUT2D eigenvalue weighted by atomic mass is 79.9. The molecule has 0 saturated carbocycles. The van der Waals surface area contributed by atoms with E-state index in [2.05, 4.69) is 91.9 Å². The molecule has 2 nitrogen and oxygen atoms in total. The Morgan fingerprint density at radius 3 is 1.34 bits per heavy atom. The zero-order valence-corrected chi connectivity index (χ0v) is 23.0. The molecule has 178 valence electrons. The van der Waals surface area contributed by atoms with Crippen molar-refractivity contribution in [2.24, 2.45) is 0 Å². The first-order valence-corrected chi connectivity index (χ1v) is 13.4. The van der Waals surface area contributed by atoms with E-state index in [0.717, 1.165) is 76.1 Å². The summed E-state index contributed by atoms with van der Waals surface area (Å²) < 4.78 is 1.64. The van der Waals surface area contributed by atoms with E-state index in [1.807, 2.05) is 24.3 Å². The van der Waals surface area contributed by atoms with Gasteiger partial charge in [0.15, 0.2) is 0 Å². The number of hydrogen-bond acceptors (Lipinski definition) is 2. The van der Waals surface area contributed by atoms with Gasteiger partial charge in [0.1, 0.15) is 12.6 Å². The molecule has 6 rings (SSSR count). The van der Waals surface area contributed by atoms with Crippen LogP contribution in [-0.4, -0.2) is 12.6 Å². The molecule has 0 aliphatic rings. The van der Waals surface area contributed by atoms with E-state index in [-0.39, 0.29) is 0 Å². The van der Waals surface area contributed by atoms with Gasteiger partial charge >= 0.3 is 0 Å². The second-order valence-electron chi connectivity index (χ2n) is 8.93. The zero-order chi connectivity index (χ0) is 26.2. The van der Waals surface area contributed by atoms with Crippen molar-refractivity contribution in [1.29, 1.82) is 0 Å². The highest BCUT2D eigenvalue weighted by Crippen LogP contribution is 2.37. The molecular weight excluding hydrogens is 600 g/mol. The van der Waals surface area contributed by atoms with Crippen molar-refractivity contribution in [3.8, 4) is 23.7 Å². The van der Waals surface area contributed by atoms with Crippen molar-refractivity contribution < 1.29 is 9.59 Å². The quantitative estimate of drug-likeness (QED) is 0.111. The number of benzene rings is 6. The van der Waals surface area contributed by atoms with Gasteiger partial charge in [0.2, 0.25) is 0 Å². The molecule has 0 amide bonds. The van der Waals surface area contributed by atoms with Crippen molar-refractivity contribution in [1.82, 2.24) is 0 Å². The number of hydrogen-bond donors (Lipinski definition) is 0. The number of rotatable bonds is 2. The Labute approximate surface area is 236 Å². The molecule has 4 heteroatoms. The maximum Gasteiger partial charge on any atom is 0.150 e. The minimum absolute atomic E-state index is 0.581. The molecule has 0 N–H and O–H groups in total. The van der Waals surface area contributed by atoms with Crippen LogP contribution in [-0.2, 0) is 0 Å². The molecule has 0 aliphatic carbocycles. The van der Waals surface area contributed by atoms with E-state index < -0.39 is 0 Å². The summed E-state index contributed by atoms with van der Waals surface area (Å²) >= 11 is 6.91. The van der Waals surface area contributed by atoms with Gasteiger partial charge in [-0.1, -0.05) is 91.9 Å². The third kappa shape index (κ3) is 4.50. The number of carbonyl (C=O) groups is 2. The normalized spacial score (nSPS) is 10.7. The minimum atomic E-state index is 0.581. The summed E-state index contributed by atoms with van der Waals surface area (Å²) in [6.45, 7) is 0. The van der Waals surface area contributed by atoms with Gasteiger partial charge in [0, 0.05) is 42.3 Å². The van der Waals surface area contributed by atoms with Crippen LogP contribution in [0.1, 0.15) is 43.0 Å². The predicted octanol–water partition coefficient (Wildman–Crippen LogP) is 8.53. The van der Waals surface area contributed by atoms with Crippen molar-refractivity contribution in [2.45, 2.75) is 0 Å². The fourth-order valence-electron chi connectivity index (χ4n) is 4.80. The first kappa shape index (κ1) is 24.1. The largest absolute Gasteiger partial charge is 0.298 e. The Balaban J connectivity index is 1.52. The first-order valence-electron chi connectivity index (χ1n) is 11.8. The van der Waals surface area contributed by atoms with Crippen LogP contribution in [0.4, 0.5) is 0 Å². The lowest BCUT2D eigenvalue weighted by molar-refractivity contribution is 0.111. The van der Waals surface area contributed by atoms with Crippen molar-refractivity contribution in [3.63, 3.8) is 0 Å². The van der Waals surface area contributed by atoms with Gasteiger partial charge in [-0.15, -0.1) is 0 Å². The van der Waals surface area contributed by atoms with E-state index in [1.54, 1.807) is 24.3 Å². The number of halogens is 2. The molecule has 0 heterocycles. The molecular formula is C34H16Br2O2. The average Bonchev–Trinajstić information content (AvgIpc) is 2.93. The van der Waals surface area contributed by atoms with Gasteiger partial charge in [-0.05, 0) is 80.8 Å². The lowest BCUT2D eigenvalue weighted by Gasteiger charge is -2.13. The number of aldehydes is 2. The van der Waals surface area contributed by atoms with E-state index in [0.29, 0.717) is 11.1 Å². The Kier molecular flexibility index (Phi) is 6.30. The third-order valence-corrected chi connectivity index (χ3v) is 7.38. The summed E-state index contributed by atoms with van der Waals surface area (Å²) in [5, 5.41) is 6.75. The molecule has 0 unspecified atom stereocenters. The predicted molar refractivity (Wildman–Crippen MR) is 161 cm³/mol. The Bertz CT molecular complexity index is 1900. The van der Waals surface area contributed by atoms with E-state index in [9.17, 15) is 9.59 Å². The van der Waals surface area contributed by atoms with Gasteiger partial charge in [0.05, 0.1) is 0 Å². The van der Waals surface area contributed by atoms with Gasteiger partial charge in [0.25, 0.3) is 0 Å². The molecule has 0 aliphatic heterocycles. The fourth-order valence-corrected chi connectivity index (χ4v) is 5.83. The second-order valence-corrected chi connectivity index (χ2v) is 10.8. The van der Waals surface area contributed by atoms with Crippen molar-refractivity contribution >= 4 is 76.7 Å². The van der Waals surface area contributed by atoms with Crippen LogP contribution in [0.5, 0.6) is 0 Å². The van der Waals surface area contributed by atoms with Crippen LogP contribution in [0.2, 0.25) is 0 Å². The summed E-state index contributed by atoms with van der Waals surface area (Å²) in [6, 6.07) is 27.7. The van der Waals surface area contributed by atoms with Crippen LogP contribution < -0.4 is 0 Å². The Morgan fingerprint density at radius 1 is 0.500 bits per heavy atom. The SMILES string of the molecule is O=Cc1cc(Br)cc(C#Cc2ccc3ccc4ccc(C#Cc5cc(Br)cc(C=O)c5)c5ccc2c3c45)c1. The Morgan fingerprint density at radius 2 is 0.921 bits per heavy atom. The van der Waals surface area contributed by atoms with Gasteiger partial charge < -0.3 is 0 Å². The lowest BCUT2D eigenvalue weighted by Crippen LogP contribution is -1.89. The van der Waals surface area contributed by atoms with E-state index in [1.165, 1.54) is 0 Å². The molecule has 6 aromatic carbocycles. The first-order chi connectivity index (χ1) is 18.5. The maximum atomic E-state index is 11.3. The van der Waals surface area contributed by atoms with Crippen LogP contribution in [0.3, 0.4) is 0 Å². The molecule has 0 radical (unpaired) electrons. The molecule has 0 bridgehead atoms. The second kappa shape index (κ2) is 9.92. The molecule has 6 aromatic rings. The molecule has 0 fully saturated rings. The molecule has 38 heavy (non-hydrogen) atoms. The van der Waals surface area contributed by atoms with Gasteiger partial charge in [-0.3, -0.25) is 9.59 Å². The number of carbonyl (C=O) groups excluding carboxylic acids is 2.